The van der Waals surface area contributed by atoms with Crippen LogP contribution in [0.2, 0.25) is 0 Å². The molecule has 0 aliphatic carbocycles. The van der Waals surface area contributed by atoms with Crippen molar-refractivity contribution >= 4 is 11.6 Å². The maximum Gasteiger partial charge on any atom is 0.248 e. The lowest BCUT2D eigenvalue weighted by Gasteiger charge is -2.06. The van der Waals surface area contributed by atoms with Gasteiger partial charge in [-0.05, 0) is 42.3 Å². The Bertz CT molecular complexity index is 508. The van der Waals surface area contributed by atoms with Gasteiger partial charge in [0.1, 0.15) is 0 Å². The highest BCUT2D eigenvalue weighted by Crippen LogP contribution is 2.09. The fourth-order valence-electron chi connectivity index (χ4n) is 1.65. The van der Waals surface area contributed by atoms with Gasteiger partial charge in [0.05, 0.1) is 0 Å². The number of aromatic nitrogens is 1. The average Bonchev–Trinajstić information content (AvgIpc) is 2.40. The minimum atomic E-state index is -0.406. The molecule has 0 unspecified atom stereocenters. The van der Waals surface area contributed by atoms with Gasteiger partial charge in [0.2, 0.25) is 5.91 Å². The van der Waals surface area contributed by atoms with Crippen molar-refractivity contribution in [1.29, 1.82) is 0 Å². The molecule has 2 aromatic rings. The van der Waals surface area contributed by atoms with Crippen molar-refractivity contribution in [3.63, 3.8) is 0 Å². The van der Waals surface area contributed by atoms with Crippen LogP contribution in [0.15, 0.2) is 48.8 Å². The molecule has 92 valence electrons. The Hall–Kier alpha value is -2.36. The van der Waals surface area contributed by atoms with Crippen molar-refractivity contribution in [3.05, 3.63) is 59.9 Å². The molecule has 0 atom stereocenters. The van der Waals surface area contributed by atoms with Gasteiger partial charge in [-0.25, -0.2) is 0 Å². The van der Waals surface area contributed by atoms with E-state index in [1.54, 1.807) is 18.3 Å². The predicted molar refractivity (Wildman–Crippen MR) is 71.4 cm³/mol. The quantitative estimate of drug-likeness (QED) is 0.839. The Balaban J connectivity index is 1.85. The molecule has 2 rings (SSSR count). The summed E-state index contributed by atoms with van der Waals surface area (Å²) in [4.78, 5) is 15.0. The minimum Gasteiger partial charge on any atom is -0.385 e. The first-order chi connectivity index (χ1) is 8.75. The van der Waals surface area contributed by atoms with E-state index < -0.39 is 5.91 Å². The highest BCUT2D eigenvalue weighted by molar-refractivity contribution is 5.93. The molecule has 1 aromatic heterocycles. The van der Waals surface area contributed by atoms with E-state index in [2.05, 4.69) is 10.3 Å². The van der Waals surface area contributed by atoms with Crippen LogP contribution in [-0.2, 0) is 6.42 Å². The third-order valence-corrected chi connectivity index (χ3v) is 2.64. The molecule has 1 aromatic carbocycles. The van der Waals surface area contributed by atoms with E-state index in [1.807, 2.05) is 30.5 Å². The number of primary amides is 1. The Morgan fingerprint density at radius 3 is 2.61 bits per heavy atom. The molecule has 1 heterocycles. The summed E-state index contributed by atoms with van der Waals surface area (Å²) < 4.78 is 0. The highest BCUT2D eigenvalue weighted by Gasteiger charge is 1.99. The zero-order chi connectivity index (χ0) is 12.8. The zero-order valence-electron chi connectivity index (χ0n) is 9.97. The molecule has 0 fully saturated rings. The Kier molecular flexibility index (Phi) is 3.91. The van der Waals surface area contributed by atoms with Crippen LogP contribution >= 0.6 is 0 Å². The van der Waals surface area contributed by atoms with Crippen molar-refractivity contribution in [2.75, 3.05) is 11.9 Å². The molecule has 3 N–H and O–H groups in total. The van der Waals surface area contributed by atoms with Crippen LogP contribution in [0.1, 0.15) is 15.9 Å². The summed E-state index contributed by atoms with van der Waals surface area (Å²) in [5, 5.41) is 3.28. The van der Waals surface area contributed by atoms with Crippen LogP contribution in [-0.4, -0.2) is 17.4 Å². The molecule has 4 heteroatoms. The summed E-state index contributed by atoms with van der Waals surface area (Å²) in [6.45, 7) is 0.821. The van der Waals surface area contributed by atoms with E-state index in [4.69, 9.17) is 5.73 Å². The largest absolute Gasteiger partial charge is 0.385 e. The van der Waals surface area contributed by atoms with Crippen LogP contribution < -0.4 is 11.1 Å². The summed E-state index contributed by atoms with van der Waals surface area (Å²) in [6, 6.07) is 11.1. The summed E-state index contributed by atoms with van der Waals surface area (Å²) >= 11 is 0. The van der Waals surface area contributed by atoms with Crippen LogP contribution in [0.3, 0.4) is 0 Å². The summed E-state index contributed by atoms with van der Waals surface area (Å²) in [6.07, 6.45) is 4.53. The van der Waals surface area contributed by atoms with Crippen LogP contribution in [0.5, 0.6) is 0 Å². The second-order valence-electron chi connectivity index (χ2n) is 3.98. The third kappa shape index (κ3) is 3.31. The molecule has 0 aliphatic rings. The van der Waals surface area contributed by atoms with Crippen molar-refractivity contribution in [2.45, 2.75) is 6.42 Å². The monoisotopic (exact) mass is 241 g/mol. The van der Waals surface area contributed by atoms with E-state index in [9.17, 15) is 4.79 Å². The molecule has 0 aliphatic heterocycles. The lowest BCUT2D eigenvalue weighted by Crippen LogP contribution is -2.11. The lowest BCUT2D eigenvalue weighted by molar-refractivity contribution is 0.100. The van der Waals surface area contributed by atoms with Crippen molar-refractivity contribution < 1.29 is 4.79 Å². The maximum absolute atomic E-state index is 10.9. The number of rotatable bonds is 5. The number of benzene rings is 1. The van der Waals surface area contributed by atoms with Crippen molar-refractivity contribution in [1.82, 2.24) is 4.98 Å². The van der Waals surface area contributed by atoms with Gasteiger partial charge in [-0.2, -0.15) is 0 Å². The molecule has 0 saturated carbocycles. The summed E-state index contributed by atoms with van der Waals surface area (Å²) in [5.74, 6) is -0.406. The van der Waals surface area contributed by atoms with Gasteiger partial charge < -0.3 is 11.1 Å². The zero-order valence-corrected chi connectivity index (χ0v) is 9.97. The maximum atomic E-state index is 10.9. The number of hydrogen-bond acceptors (Lipinski definition) is 3. The topological polar surface area (TPSA) is 68.0 Å². The number of nitrogens with zero attached hydrogens (tertiary/aromatic N) is 1. The Morgan fingerprint density at radius 1 is 1.22 bits per heavy atom. The molecule has 0 bridgehead atoms. The van der Waals surface area contributed by atoms with Gasteiger partial charge in [-0.1, -0.05) is 6.07 Å². The second kappa shape index (κ2) is 5.82. The number of carbonyl (C=O) groups is 1. The first-order valence-corrected chi connectivity index (χ1v) is 5.78. The molecular formula is C14H15N3O. The van der Waals surface area contributed by atoms with Crippen molar-refractivity contribution in [3.8, 4) is 0 Å². The molecule has 18 heavy (non-hydrogen) atoms. The fourth-order valence-corrected chi connectivity index (χ4v) is 1.65. The molecule has 0 spiro atoms. The highest BCUT2D eigenvalue weighted by atomic mass is 16.1. The van der Waals surface area contributed by atoms with Crippen molar-refractivity contribution in [2.24, 2.45) is 5.73 Å². The number of anilines is 1. The smallest absolute Gasteiger partial charge is 0.248 e. The minimum absolute atomic E-state index is 0.406. The van der Waals surface area contributed by atoms with E-state index in [0.717, 1.165) is 18.7 Å². The standard InChI is InChI=1S/C14H15N3O/c15-14(18)12-3-5-13(6-4-12)17-9-7-11-2-1-8-16-10-11/h1-6,8,10,17H,7,9H2,(H2,15,18). The van der Waals surface area contributed by atoms with E-state index in [1.165, 1.54) is 5.56 Å². The SMILES string of the molecule is NC(=O)c1ccc(NCCc2cccnc2)cc1. The average molecular weight is 241 g/mol. The summed E-state index contributed by atoms with van der Waals surface area (Å²) in [5.41, 5.74) is 7.86. The lowest BCUT2D eigenvalue weighted by atomic mass is 10.2. The third-order valence-electron chi connectivity index (χ3n) is 2.64. The summed E-state index contributed by atoms with van der Waals surface area (Å²) in [7, 11) is 0. The van der Waals surface area contributed by atoms with Gasteiger partial charge in [0, 0.05) is 30.2 Å². The van der Waals surface area contributed by atoms with E-state index in [-0.39, 0.29) is 0 Å². The number of amides is 1. The fraction of sp³-hybridized carbons (Fsp3) is 0.143. The Labute approximate surface area is 106 Å². The number of carbonyl (C=O) groups excluding carboxylic acids is 1. The Morgan fingerprint density at radius 2 is 2.00 bits per heavy atom. The van der Waals surface area contributed by atoms with Gasteiger partial charge >= 0.3 is 0 Å². The molecule has 0 saturated heterocycles. The number of pyridine rings is 1. The normalized spacial score (nSPS) is 10.0. The molecule has 0 radical (unpaired) electrons. The number of hydrogen-bond donors (Lipinski definition) is 2. The first-order valence-electron chi connectivity index (χ1n) is 5.78. The van der Waals surface area contributed by atoms with Gasteiger partial charge in [0.15, 0.2) is 0 Å². The second-order valence-corrected chi connectivity index (χ2v) is 3.98. The van der Waals surface area contributed by atoms with Crippen LogP contribution in [0, 0.1) is 0 Å². The van der Waals surface area contributed by atoms with E-state index in [0.29, 0.717) is 5.56 Å². The first kappa shape index (κ1) is 12.1. The molecular weight excluding hydrogens is 226 g/mol. The predicted octanol–water partition coefficient (Wildman–Crippen LogP) is 1.84. The molecule has 4 nitrogen and oxygen atoms in total. The van der Waals surface area contributed by atoms with Gasteiger partial charge in [0.25, 0.3) is 0 Å². The van der Waals surface area contributed by atoms with E-state index >= 15 is 0 Å². The van der Waals surface area contributed by atoms with Gasteiger partial charge in [-0.15, -0.1) is 0 Å². The number of nitrogens with one attached hydrogen (secondary N) is 1. The molecule has 1 amide bonds. The van der Waals surface area contributed by atoms with Crippen LogP contribution in [0.25, 0.3) is 0 Å². The number of nitrogens with two attached hydrogens (primary N) is 1. The van der Waals surface area contributed by atoms with Gasteiger partial charge in [-0.3, -0.25) is 9.78 Å². The van der Waals surface area contributed by atoms with Crippen LogP contribution in [0.4, 0.5) is 5.69 Å².